The van der Waals surface area contributed by atoms with Crippen LogP contribution in [-0.2, 0) is 17.4 Å². The number of aromatic nitrogens is 2. The fourth-order valence-corrected chi connectivity index (χ4v) is 2.73. The van der Waals surface area contributed by atoms with Crippen molar-refractivity contribution in [2.24, 2.45) is 5.73 Å². The number of furan rings is 1. The lowest BCUT2D eigenvalue weighted by molar-refractivity contribution is -0.137. The summed E-state index contributed by atoms with van der Waals surface area (Å²) in [6.45, 7) is 3.56. The number of benzene rings is 1. The van der Waals surface area contributed by atoms with Gasteiger partial charge < -0.3 is 10.2 Å². The van der Waals surface area contributed by atoms with Crippen molar-refractivity contribution in [2.75, 3.05) is 0 Å². The molecular weight excluding hydrogens is 359 g/mol. The number of carbonyl (C=O) groups is 1. The molecule has 0 spiro atoms. The predicted octanol–water partition coefficient (Wildman–Crippen LogP) is 4.07. The molecule has 140 valence electrons. The summed E-state index contributed by atoms with van der Waals surface area (Å²) in [4.78, 5) is 19.9. The minimum Gasteiger partial charge on any atom is -0.466 e. The average molecular weight is 375 g/mol. The van der Waals surface area contributed by atoms with E-state index in [1.54, 1.807) is 26.0 Å². The minimum absolute atomic E-state index is 0.183. The van der Waals surface area contributed by atoms with Gasteiger partial charge in [0.05, 0.1) is 23.4 Å². The van der Waals surface area contributed by atoms with E-state index in [1.165, 1.54) is 12.1 Å². The van der Waals surface area contributed by atoms with Crippen LogP contribution in [0, 0.1) is 13.8 Å². The summed E-state index contributed by atoms with van der Waals surface area (Å²) in [5.41, 5.74) is 6.57. The Kier molecular flexibility index (Phi) is 4.73. The van der Waals surface area contributed by atoms with Crippen LogP contribution in [0.25, 0.3) is 22.5 Å². The Labute approximate surface area is 153 Å². The Morgan fingerprint density at radius 3 is 2.22 bits per heavy atom. The standard InChI is InChI=1S/C19H16F3N3O2/c1-10-7-14(11(2)27-10)16-8-15(24-18(25-16)9-17(23)26)12-3-5-13(6-4-12)19(20,21)22/h3-8H,9H2,1-2H3,(H2,23,26). The molecule has 1 aromatic carbocycles. The monoisotopic (exact) mass is 375 g/mol. The number of halogens is 3. The van der Waals surface area contributed by atoms with Crippen LogP contribution >= 0.6 is 0 Å². The number of carbonyl (C=O) groups excluding carboxylic acids is 1. The van der Waals surface area contributed by atoms with Crippen LogP contribution in [-0.4, -0.2) is 15.9 Å². The summed E-state index contributed by atoms with van der Waals surface area (Å²) >= 11 is 0. The predicted molar refractivity (Wildman–Crippen MR) is 92.5 cm³/mol. The SMILES string of the molecule is Cc1cc(-c2cc(-c3ccc(C(F)(F)F)cc3)nc(CC(N)=O)n2)c(C)o1. The number of nitrogens with zero attached hydrogens (tertiary/aromatic N) is 2. The second kappa shape index (κ2) is 6.86. The highest BCUT2D eigenvalue weighted by Gasteiger charge is 2.30. The number of hydrogen-bond acceptors (Lipinski definition) is 4. The van der Waals surface area contributed by atoms with Crippen LogP contribution in [0.4, 0.5) is 13.2 Å². The zero-order valence-corrected chi connectivity index (χ0v) is 14.6. The molecular formula is C19H16F3N3O2. The van der Waals surface area contributed by atoms with E-state index >= 15 is 0 Å². The maximum absolute atomic E-state index is 12.8. The van der Waals surface area contributed by atoms with E-state index in [-0.39, 0.29) is 12.2 Å². The molecule has 0 saturated carbocycles. The smallest absolute Gasteiger partial charge is 0.416 e. The van der Waals surface area contributed by atoms with E-state index in [1.807, 2.05) is 0 Å². The van der Waals surface area contributed by atoms with Crippen LogP contribution in [0.3, 0.4) is 0 Å². The number of primary amides is 1. The molecule has 0 aliphatic rings. The quantitative estimate of drug-likeness (QED) is 0.745. The molecule has 0 unspecified atom stereocenters. The van der Waals surface area contributed by atoms with Crippen LogP contribution in [0.2, 0.25) is 0 Å². The Morgan fingerprint density at radius 1 is 1.07 bits per heavy atom. The first-order valence-corrected chi connectivity index (χ1v) is 8.05. The molecule has 3 rings (SSSR count). The fraction of sp³-hybridized carbons (Fsp3) is 0.211. The molecule has 27 heavy (non-hydrogen) atoms. The summed E-state index contributed by atoms with van der Waals surface area (Å²) in [5.74, 6) is 0.905. The van der Waals surface area contributed by atoms with Crippen LogP contribution < -0.4 is 5.73 Å². The molecule has 2 N–H and O–H groups in total. The third-order valence-corrected chi connectivity index (χ3v) is 3.93. The fourth-order valence-electron chi connectivity index (χ4n) is 2.73. The van der Waals surface area contributed by atoms with Crippen molar-refractivity contribution >= 4 is 5.91 Å². The summed E-state index contributed by atoms with van der Waals surface area (Å²) in [5, 5.41) is 0. The van der Waals surface area contributed by atoms with Crippen LogP contribution in [0.5, 0.6) is 0 Å². The molecule has 2 heterocycles. The summed E-state index contributed by atoms with van der Waals surface area (Å²) in [6, 6.07) is 8.07. The van der Waals surface area contributed by atoms with Gasteiger partial charge in [-0.15, -0.1) is 0 Å². The van der Waals surface area contributed by atoms with Gasteiger partial charge in [-0.2, -0.15) is 13.2 Å². The number of alkyl halides is 3. The maximum Gasteiger partial charge on any atom is 0.416 e. The summed E-state index contributed by atoms with van der Waals surface area (Å²) in [6.07, 6.45) is -4.60. The lowest BCUT2D eigenvalue weighted by atomic mass is 10.1. The number of rotatable bonds is 4. The van der Waals surface area contributed by atoms with Crippen LogP contribution in [0.1, 0.15) is 22.9 Å². The van der Waals surface area contributed by atoms with Gasteiger partial charge in [-0.3, -0.25) is 4.79 Å². The number of amides is 1. The lowest BCUT2D eigenvalue weighted by Crippen LogP contribution is -2.16. The lowest BCUT2D eigenvalue weighted by Gasteiger charge is -2.10. The molecule has 0 atom stereocenters. The molecule has 0 aliphatic carbocycles. The maximum atomic E-state index is 12.8. The van der Waals surface area contributed by atoms with Gasteiger partial charge in [-0.25, -0.2) is 9.97 Å². The van der Waals surface area contributed by atoms with Crippen molar-refractivity contribution in [3.63, 3.8) is 0 Å². The molecule has 8 heteroatoms. The van der Waals surface area contributed by atoms with Gasteiger partial charge in [-0.1, -0.05) is 12.1 Å². The highest BCUT2D eigenvalue weighted by atomic mass is 19.4. The third-order valence-electron chi connectivity index (χ3n) is 3.93. The van der Waals surface area contributed by atoms with Crippen molar-refractivity contribution in [1.82, 2.24) is 9.97 Å². The Bertz CT molecular complexity index is 992. The van der Waals surface area contributed by atoms with Gasteiger partial charge in [0.2, 0.25) is 5.91 Å². The zero-order valence-electron chi connectivity index (χ0n) is 14.6. The Morgan fingerprint density at radius 2 is 1.70 bits per heavy atom. The molecule has 0 fully saturated rings. The zero-order chi connectivity index (χ0) is 19.8. The van der Waals surface area contributed by atoms with E-state index in [0.717, 1.165) is 12.1 Å². The average Bonchev–Trinajstić information content (AvgIpc) is 2.92. The summed E-state index contributed by atoms with van der Waals surface area (Å²) < 4.78 is 43.8. The first-order valence-electron chi connectivity index (χ1n) is 8.05. The van der Waals surface area contributed by atoms with Crippen LogP contribution in [0.15, 0.2) is 40.8 Å². The normalized spacial score (nSPS) is 11.6. The van der Waals surface area contributed by atoms with Crippen molar-refractivity contribution in [2.45, 2.75) is 26.4 Å². The molecule has 5 nitrogen and oxygen atoms in total. The van der Waals surface area contributed by atoms with Crippen molar-refractivity contribution in [1.29, 1.82) is 0 Å². The second-order valence-electron chi connectivity index (χ2n) is 6.10. The largest absolute Gasteiger partial charge is 0.466 e. The number of aryl methyl sites for hydroxylation is 2. The number of nitrogens with two attached hydrogens (primary N) is 1. The first-order chi connectivity index (χ1) is 12.6. The molecule has 0 saturated heterocycles. The molecule has 1 amide bonds. The van der Waals surface area contributed by atoms with E-state index in [2.05, 4.69) is 9.97 Å². The molecule has 0 radical (unpaired) electrons. The number of hydrogen-bond donors (Lipinski definition) is 1. The second-order valence-corrected chi connectivity index (χ2v) is 6.10. The Balaban J connectivity index is 2.10. The molecule has 0 aliphatic heterocycles. The van der Waals surface area contributed by atoms with E-state index in [0.29, 0.717) is 34.0 Å². The topological polar surface area (TPSA) is 82.0 Å². The third kappa shape index (κ3) is 4.16. The molecule has 3 aromatic rings. The highest BCUT2D eigenvalue weighted by molar-refractivity contribution is 5.76. The van der Waals surface area contributed by atoms with Gasteiger partial charge in [0, 0.05) is 11.1 Å². The van der Waals surface area contributed by atoms with Crippen molar-refractivity contribution < 1.29 is 22.4 Å². The van der Waals surface area contributed by atoms with Gasteiger partial charge >= 0.3 is 6.18 Å². The first kappa shape index (κ1) is 18.6. The van der Waals surface area contributed by atoms with Crippen molar-refractivity contribution in [3.8, 4) is 22.5 Å². The highest BCUT2D eigenvalue weighted by Crippen LogP contribution is 2.32. The van der Waals surface area contributed by atoms with Gasteiger partial charge in [0.25, 0.3) is 0 Å². The minimum atomic E-state index is -4.42. The van der Waals surface area contributed by atoms with E-state index < -0.39 is 17.6 Å². The van der Waals surface area contributed by atoms with Gasteiger partial charge in [0.1, 0.15) is 17.3 Å². The summed E-state index contributed by atoms with van der Waals surface area (Å²) in [7, 11) is 0. The van der Waals surface area contributed by atoms with E-state index in [9.17, 15) is 18.0 Å². The van der Waals surface area contributed by atoms with E-state index in [4.69, 9.17) is 10.2 Å². The molecule has 2 aromatic heterocycles. The van der Waals surface area contributed by atoms with Gasteiger partial charge in [0.15, 0.2) is 0 Å². The van der Waals surface area contributed by atoms with Crippen molar-refractivity contribution in [3.05, 3.63) is 59.3 Å². The molecule has 0 bridgehead atoms. The van der Waals surface area contributed by atoms with Gasteiger partial charge in [-0.05, 0) is 38.1 Å². The Hall–Kier alpha value is -3.16.